The van der Waals surface area contributed by atoms with Gasteiger partial charge in [0.1, 0.15) is 0 Å². The molecule has 0 spiro atoms. The molecule has 188 valence electrons. The largest absolute Gasteiger partial charge is 0.410 e. The molecule has 1 aliphatic rings. The quantitative estimate of drug-likeness (QED) is 0.200. The van der Waals surface area contributed by atoms with E-state index >= 15 is 0 Å². The maximum absolute atomic E-state index is 6.96. The molecule has 0 bridgehead atoms. The first-order chi connectivity index (χ1) is 15.0. The molecule has 1 saturated heterocycles. The van der Waals surface area contributed by atoms with E-state index in [-0.39, 0.29) is 12.1 Å². The molecule has 1 aliphatic heterocycles. The molecule has 32 heavy (non-hydrogen) atoms. The molecule has 5 heteroatoms. The van der Waals surface area contributed by atoms with E-state index in [1.165, 1.54) is 5.57 Å². The third kappa shape index (κ3) is 8.71. The Morgan fingerprint density at radius 2 is 1.56 bits per heavy atom. The Hall–Kier alpha value is -0.463. The smallest absolute Gasteiger partial charge is 0.201 e. The highest BCUT2D eigenvalue weighted by Gasteiger charge is 2.46. The standard InChI is InChI=1S/C27H53NO3Si/c1-10-26(31-32(22(4)5,23(6)7)24(8)9)16-11-12-17-27(29-18-19-30-27)20-25(28)15-13-14-21(2)3/h11,14,16,22-26H,10,12-13,15,17-20,28H2,1-9H3/b16-11-/t25-,26-/m0/s1. The summed E-state index contributed by atoms with van der Waals surface area (Å²) in [6.45, 7) is 21.9. The summed E-state index contributed by atoms with van der Waals surface area (Å²) in [5.41, 5.74) is 9.57. The fourth-order valence-corrected chi connectivity index (χ4v) is 11.0. The lowest BCUT2D eigenvalue weighted by molar-refractivity contribution is -0.169. The topological polar surface area (TPSA) is 53.7 Å². The number of hydrogen-bond acceptors (Lipinski definition) is 4. The van der Waals surface area contributed by atoms with Crippen molar-refractivity contribution in [3.05, 3.63) is 23.8 Å². The van der Waals surface area contributed by atoms with E-state index < -0.39 is 14.1 Å². The minimum Gasteiger partial charge on any atom is -0.410 e. The molecule has 0 aromatic heterocycles. The van der Waals surface area contributed by atoms with Crippen LogP contribution >= 0.6 is 0 Å². The van der Waals surface area contributed by atoms with Crippen LogP contribution in [0.3, 0.4) is 0 Å². The van der Waals surface area contributed by atoms with Crippen LogP contribution in [0.5, 0.6) is 0 Å². The Labute approximate surface area is 200 Å². The van der Waals surface area contributed by atoms with E-state index in [9.17, 15) is 0 Å². The Morgan fingerprint density at radius 3 is 2.03 bits per heavy atom. The van der Waals surface area contributed by atoms with Crippen LogP contribution in [0.4, 0.5) is 0 Å². The van der Waals surface area contributed by atoms with Crippen LogP contribution in [-0.2, 0) is 13.9 Å². The zero-order chi connectivity index (χ0) is 24.4. The fraction of sp³-hybridized carbons (Fsp3) is 0.852. The van der Waals surface area contributed by atoms with E-state index in [2.05, 4.69) is 80.5 Å². The Kier molecular flexibility index (Phi) is 13.0. The lowest BCUT2D eigenvalue weighted by Gasteiger charge is -2.44. The maximum Gasteiger partial charge on any atom is 0.201 e. The van der Waals surface area contributed by atoms with Crippen molar-refractivity contribution in [1.29, 1.82) is 0 Å². The molecule has 1 fully saturated rings. The summed E-state index contributed by atoms with van der Waals surface area (Å²) in [6.07, 6.45) is 12.5. The maximum atomic E-state index is 6.96. The second kappa shape index (κ2) is 14.1. The number of ether oxygens (including phenoxy) is 2. The van der Waals surface area contributed by atoms with Crippen LogP contribution in [0.1, 0.15) is 101 Å². The number of nitrogens with two attached hydrogens (primary N) is 1. The van der Waals surface area contributed by atoms with Gasteiger partial charge in [0.15, 0.2) is 5.79 Å². The lowest BCUT2D eigenvalue weighted by Crippen LogP contribution is -2.49. The zero-order valence-corrected chi connectivity index (χ0v) is 23.6. The fourth-order valence-electron chi connectivity index (χ4n) is 5.43. The van der Waals surface area contributed by atoms with Gasteiger partial charge in [-0.2, -0.15) is 0 Å². The number of rotatable bonds is 15. The van der Waals surface area contributed by atoms with E-state index in [1.54, 1.807) is 0 Å². The average Bonchev–Trinajstić information content (AvgIpc) is 3.14. The molecule has 0 radical (unpaired) electrons. The predicted molar refractivity (Wildman–Crippen MR) is 140 cm³/mol. The first kappa shape index (κ1) is 29.6. The summed E-state index contributed by atoms with van der Waals surface area (Å²) in [5, 5.41) is 0. The molecule has 0 aromatic carbocycles. The summed E-state index contributed by atoms with van der Waals surface area (Å²) in [4.78, 5) is 0. The summed E-state index contributed by atoms with van der Waals surface area (Å²) in [5.74, 6) is -0.524. The van der Waals surface area contributed by atoms with Crippen LogP contribution in [-0.4, -0.2) is 39.5 Å². The van der Waals surface area contributed by atoms with Crippen LogP contribution in [0.2, 0.25) is 16.6 Å². The molecule has 2 N–H and O–H groups in total. The Bertz CT molecular complexity index is 554. The SMILES string of the molecule is CC[C@@H](/C=C\CCC1(C[C@@H](N)CCC=C(C)C)OCCO1)O[Si](C(C)C)(C(C)C)C(C)C. The molecule has 1 heterocycles. The molecule has 0 amide bonds. The molecule has 4 nitrogen and oxygen atoms in total. The third-order valence-corrected chi connectivity index (χ3v) is 13.1. The van der Waals surface area contributed by atoms with Gasteiger partial charge in [-0.1, -0.05) is 72.3 Å². The molecule has 2 atom stereocenters. The summed E-state index contributed by atoms with van der Waals surface area (Å²) in [7, 11) is -1.88. The second-order valence-electron chi connectivity index (χ2n) is 10.8. The van der Waals surface area contributed by atoms with Gasteiger partial charge in [0.25, 0.3) is 0 Å². The van der Waals surface area contributed by atoms with E-state index in [4.69, 9.17) is 19.6 Å². The van der Waals surface area contributed by atoms with Crippen molar-refractivity contribution in [1.82, 2.24) is 0 Å². The molecule has 0 saturated carbocycles. The monoisotopic (exact) mass is 467 g/mol. The van der Waals surface area contributed by atoms with Crippen LogP contribution < -0.4 is 5.73 Å². The van der Waals surface area contributed by atoms with Gasteiger partial charge in [-0.25, -0.2) is 0 Å². The van der Waals surface area contributed by atoms with Crippen molar-refractivity contribution >= 4 is 8.32 Å². The minimum atomic E-state index is -1.88. The van der Waals surface area contributed by atoms with Gasteiger partial charge < -0.3 is 19.6 Å². The molecular formula is C27H53NO3Si. The first-order valence-corrected chi connectivity index (χ1v) is 15.1. The number of hydrogen-bond donors (Lipinski definition) is 1. The molecule has 0 aliphatic carbocycles. The minimum absolute atomic E-state index is 0.0918. The van der Waals surface area contributed by atoms with Crippen molar-refractivity contribution in [3.8, 4) is 0 Å². The van der Waals surface area contributed by atoms with Gasteiger partial charge in [-0.15, -0.1) is 0 Å². The Balaban J connectivity index is 2.72. The normalized spacial score (nSPS) is 18.8. The number of allylic oxidation sites excluding steroid dienone is 3. The highest BCUT2D eigenvalue weighted by atomic mass is 28.4. The van der Waals surface area contributed by atoms with Gasteiger partial charge in [-0.05, 0) is 56.2 Å². The Morgan fingerprint density at radius 1 is 1.00 bits per heavy atom. The van der Waals surface area contributed by atoms with Gasteiger partial charge in [0, 0.05) is 18.9 Å². The van der Waals surface area contributed by atoms with Crippen molar-refractivity contribution in [2.24, 2.45) is 5.73 Å². The van der Waals surface area contributed by atoms with Crippen molar-refractivity contribution in [2.75, 3.05) is 13.2 Å². The first-order valence-electron chi connectivity index (χ1n) is 13.0. The van der Waals surface area contributed by atoms with Gasteiger partial charge in [0.2, 0.25) is 8.32 Å². The van der Waals surface area contributed by atoms with Crippen LogP contribution in [0.15, 0.2) is 23.8 Å². The second-order valence-corrected chi connectivity index (χ2v) is 16.2. The average molecular weight is 468 g/mol. The van der Waals surface area contributed by atoms with Crippen LogP contribution in [0.25, 0.3) is 0 Å². The highest BCUT2D eigenvalue weighted by molar-refractivity contribution is 6.77. The molecular weight excluding hydrogens is 414 g/mol. The van der Waals surface area contributed by atoms with E-state index in [1.807, 2.05) is 0 Å². The summed E-state index contributed by atoms with van der Waals surface area (Å²) >= 11 is 0. The van der Waals surface area contributed by atoms with E-state index in [0.29, 0.717) is 29.8 Å². The molecule has 0 aromatic rings. The predicted octanol–water partition coefficient (Wildman–Crippen LogP) is 7.50. The van der Waals surface area contributed by atoms with Gasteiger partial charge in [-0.3, -0.25) is 0 Å². The van der Waals surface area contributed by atoms with Crippen molar-refractivity contribution in [3.63, 3.8) is 0 Å². The molecule has 1 rings (SSSR count). The summed E-state index contributed by atoms with van der Waals surface area (Å²) in [6, 6.07) is 0.0918. The zero-order valence-electron chi connectivity index (χ0n) is 22.6. The van der Waals surface area contributed by atoms with Crippen molar-refractivity contribution in [2.45, 2.75) is 135 Å². The lowest BCUT2D eigenvalue weighted by atomic mass is 9.98. The van der Waals surface area contributed by atoms with Gasteiger partial charge >= 0.3 is 0 Å². The van der Waals surface area contributed by atoms with Crippen molar-refractivity contribution < 1.29 is 13.9 Å². The highest BCUT2D eigenvalue weighted by Crippen LogP contribution is 2.43. The van der Waals surface area contributed by atoms with E-state index in [0.717, 1.165) is 38.5 Å². The third-order valence-electron chi connectivity index (χ3n) is 6.98. The summed E-state index contributed by atoms with van der Waals surface area (Å²) < 4.78 is 19.1. The van der Waals surface area contributed by atoms with Crippen LogP contribution in [0, 0.1) is 0 Å². The van der Waals surface area contributed by atoms with Gasteiger partial charge in [0.05, 0.1) is 19.3 Å². The molecule has 0 unspecified atom stereocenters.